The summed E-state index contributed by atoms with van der Waals surface area (Å²) in [5.41, 5.74) is 2.73. The Hall–Kier alpha value is -0.820. The predicted octanol–water partition coefficient (Wildman–Crippen LogP) is 2.57. The summed E-state index contributed by atoms with van der Waals surface area (Å²) in [7, 11) is 1.75. The van der Waals surface area contributed by atoms with Crippen LogP contribution in [0.4, 0.5) is 0 Å². The number of aryl methyl sites for hydroxylation is 1. The topological polar surface area (TPSA) is 9.23 Å². The summed E-state index contributed by atoms with van der Waals surface area (Å²) in [6.07, 6.45) is 1.31. The Bertz CT molecular complexity index is 243. The van der Waals surface area contributed by atoms with Crippen molar-refractivity contribution < 1.29 is 4.74 Å². The fourth-order valence-electron chi connectivity index (χ4n) is 1.23. The molecule has 1 aromatic rings. The predicted molar refractivity (Wildman–Crippen MR) is 51.4 cm³/mol. The minimum Gasteiger partial charge on any atom is -0.381 e. The molecule has 0 N–H and O–H groups in total. The molecule has 0 aliphatic heterocycles. The first-order valence-electron chi connectivity index (χ1n) is 4.31. The lowest BCUT2D eigenvalue weighted by molar-refractivity contribution is 0.118. The summed E-state index contributed by atoms with van der Waals surface area (Å²) in [5.74, 6) is 0. The molecule has 66 valence electrons. The van der Waals surface area contributed by atoms with E-state index in [-0.39, 0.29) is 0 Å². The molecule has 0 saturated heterocycles. The zero-order valence-corrected chi connectivity index (χ0v) is 8.00. The first kappa shape index (κ1) is 9.27. The summed E-state index contributed by atoms with van der Waals surface area (Å²) in [4.78, 5) is 0. The van der Waals surface area contributed by atoms with E-state index >= 15 is 0 Å². The first-order chi connectivity index (χ1) is 5.74. The highest BCUT2D eigenvalue weighted by Crippen LogP contribution is 2.10. The van der Waals surface area contributed by atoms with Gasteiger partial charge < -0.3 is 4.74 Å². The third-order valence-electron chi connectivity index (χ3n) is 2.17. The third-order valence-corrected chi connectivity index (χ3v) is 2.17. The van der Waals surface area contributed by atoms with Gasteiger partial charge in [-0.3, -0.25) is 0 Å². The summed E-state index contributed by atoms with van der Waals surface area (Å²) in [6.45, 7) is 4.23. The fraction of sp³-hybridized carbons (Fsp3) is 0.455. The highest BCUT2D eigenvalue weighted by molar-refractivity contribution is 5.25. The number of rotatable bonds is 3. The Morgan fingerprint density at radius 2 is 2.00 bits per heavy atom. The van der Waals surface area contributed by atoms with E-state index in [2.05, 4.69) is 38.1 Å². The molecular formula is C11H16O. The summed E-state index contributed by atoms with van der Waals surface area (Å²) in [5, 5.41) is 0. The van der Waals surface area contributed by atoms with E-state index < -0.39 is 0 Å². The van der Waals surface area contributed by atoms with Crippen LogP contribution < -0.4 is 0 Å². The molecule has 0 unspecified atom stereocenters. The van der Waals surface area contributed by atoms with Gasteiger partial charge in [0.05, 0.1) is 6.10 Å². The van der Waals surface area contributed by atoms with Crippen molar-refractivity contribution >= 4 is 0 Å². The molecule has 0 spiro atoms. The zero-order valence-electron chi connectivity index (χ0n) is 8.00. The standard InChI is InChI=1S/C11H16O/c1-9-6-4-5-7-11(9)8-10(2)12-3/h4-7,10H,8H2,1-3H3/t10-/m0/s1. The molecule has 12 heavy (non-hydrogen) atoms. The normalized spacial score (nSPS) is 12.9. The average molecular weight is 164 g/mol. The molecule has 0 radical (unpaired) electrons. The number of ether oxygens (including phenoxy) is 1. The van der Waals surface area contributed by atoms with Gasteiger partial charge in [0.15, 0.2) is 0 Å². The van der Waals surface area contributed by atoms with Crippen molar-refractivity contribution in [2.24, 2.45) is 0 Å². The van der Waals surface area contributed by atoms with Gasteiger partial charge in [0.2, 0.25) is 0 Å². The quantitative estimate of drug-likeness (QED) is 0.667. The smallest absolute Gasteiger partial charge is 0.0583 e. The number of benzene rings is 1. The van der Waals surface area contributed by atoms with Gasteiger partial charge in [0.25, 0.3) is 0 Å². The van der Waals surface area contributed by atoms with Crippen LogP contribution in [0.25, 0.3) is 0 Å². The van der Waals surface area contributed by atoms with Crippen LogP contribution in [0.5, 0.6) is 0 Å². The molecule has 0 fully saturated rings. The molecule has 0 bridgehead atoms. The Kier molecular flexibility index (Phi) is 3.30. The second-order valence-corrected chi connectivity index (χ2v) is 3.18. The van der Waals surface area contributed by atoms with Gasteiger partial charge in [-0.05, 0) is 31.4 Å². The Morgan fingerprint density at radius 1 is 1.33 bits per heavy atom. The van der Waals surface area contributed by atoms with Crippen LogP contribution in [0, 0.1) is 6.92 Å². The molecule has 1 heteroatoms. The second-order valence-electron chi connectivity index (χ2n) is 3.18. The second kappa shape index (κ2) is 4.27. The van der Waals surface area contributed by atoms with Crippen LogP contribution in [0.1, 0.15) is 18.1 Å². The molecule has 1 aromatic carbocycles. The SMILES string of the molecule is CO[C@@H](C)Cc1ccccc1C. The van der Waals surface area contributed by atoms with Crippen molar-refractivity contribution in [3.63, 3.8) is 0 Å². The van der Waals surface area contributed by atoms with Crippen molar-refractivity contribution in [2.75, 3.05) is 7.11 Å². The number of methoxy groups -OCH3 is 1. The summed E-state index contributed by atoms with van der Waals surface area (Å²) >= 11 is 0. The molecule has 0 aliphatic carbocycles. The van der Waals surface area contributed by atoms with E-state index in [1.807, 2.05) is 0 Å². The summed E-state index contributed by atoms with van der Waals surface area (Å²) in [6, 6.07) is 8.43. The average Bonchev–Trinajstić information content (AvgIpc) is 2.09. The molecule has 1 nitrogen and oxygen atoms in total. The third kappa shape index (κ3) is 2.35. The Balaban J connectivity index is 2.69. The van der Waals surface area contributed by atoms with Crippen molar-refractivity contribution in [3.05, 3.63) is 35.4 Å². The van der Waals surface area contributed by atoms with Crippen molar-refractivity contribution in [1.82, 2.24) is 0 Å². The molecule has 1 atom stereocenters. The minimum absolute atomic E-state index is 0.311. The first-order valence-corrected chi connectivity index (χ1v) is 4.31. The van der Waals surface area contributed by atoms with Crippen molar-refractivity contribution in [1.29, 1.82) is 0 Å². The lowest BCUT2D eigenvalue weighted by Gasteiger charge is -2.10. The van der Waals surface area contributed by atoms with E-state index in [1.165, 1.54) is 11.1 Å². The fourth-order valence-corrected chi connectivity index (χ4v) is 1.23. The van der Waals surface area contributed by atoms with Crippen LogP contribution in [0.2, 0.25) is 0 Å². The molecule has 0 amide bonds. The molecule has 0 aliphatic rings. The maximum absolute atomic E-state index is 5.21. The van der Waals surface area contributed by atoms with Gasteiger partial charge in [-0.15, -0.1) is 0 Å². The maximum atomic E-state index is 5.21. The van der Waals surface area contributed by atoms with Crippen LogP contribution in [0.3, 0.4) is 0 Å². The highest BCUT2D eigenvalue weighted by Gasteiger charge is 2.02. The molecule has 0 aromatic heterocycles. The van der Waals surface area contributed by atoms with Crippen molar-refractivity contribution in [2.45, 2.75) is 26.4 Å². The Labute approximate surface area is 74.4 Å². The van der Waals surface area contributed by atoms with E-state index in [0.717, 1.165) is 6.42 Å². The lowest BCUT2D eigenvalue weighted by Crippen LogP contribution is -2.09. The van der Waals surface area contributed by atoms with Crippen molar-refractivity contribution in [3.8, 4) is 0 Å². The Morgan fingerprint density at radius 3 is 2.58 bits per heavy atom. The van der Waals surface area contributed by atoms with Gasteiger partial charge in [0.1, 0.15) is 0 Å². The van der Waals surface area contributed by atoms with E-state index in [1.54, 1.807) is 7.11 Å². The number of hydrogen-bond donors (Lipinski definition) is 0. The minimum atomic E-state index is 0.311. The number of hydrogen-bond acceptors (Lipinski definition) is 1. The highest BCUT2D eigenvalue weighted by atomic mass is 16.5. The maximum Gasteiger partial charge on any atom is 0.0583 e. The van der Waals surface area contributed by atoms with Gasteiger partial charge in [-0.1, -0.05) is 24.3 Å². The van der Waals surface area contributed by atoms with Crippen LogP contribution >= 0.6 is 0 Å². The van der Waals surface area contributed by atoms with E-state index in [4.69, 9.17) is 4.74 Å². The molecular weight excluding hydrogens is 148 g/mol. The van der Waals surface area contributed by atoms with Crippen LogP contribution in [-0.2, 0) is 11.2 Å². The molecule has 0 saturated carbocycles. The lowest BCUT2D eigenvalue weighted by atomic mass is 10.0. The van der Waals surface area contributed by atoms with Gasteiger partial charge in [-0.25, -0.2) is 0 Å². The van der Waals surface area contributed by atoms with E-state index in [9.17, 15) is 0 Å². The molecule has 1 rings (SSSR count). The van der Waals surface area contributed by atoms with E-state index in [0.29, 0.717) is 6.10 Å². The van der Waals surface area contributed by atoms with Gasteiger partial charge in [0, 0.05) is 7.11 Å². The van der Waals surface area contributed by atoms with Crippen LogP contribution in [0.15, 0.2) is 24.3 Å². The van der Waals surface area contributed by atoms with Gasteiger partial charge >= 0.3 is 0 Å². The zero-order chi connectivity index (χ0) is 8.97. The molecule has 0 heterocycles. The monoisotopic (exact) mass is 164 g/mol. The van der Waals surface area contributed by atoms with Crippen LogP contribution in [-0.4, -0.2) is 13.2 Å². The van der Waals surface area contributed by atoms with Gasteiger partial charge in [-0.2, -0.15) is 0 Å². The largest absolute Gasteiger partial charge is 0.381 e. The summed E-state index contributed by atoms with van der Waals surface area (Å²) < 4.78 is 5.21.